The van der Waals surface area contributed by atoms with Gasteiger partial charge in [0.15, 0.2) is 0 Å². The number of hydrogen-bond acceptors (Lipinski definition) is 1. The van der Waals surface area contributed by atoms with E-state index in [0.717, 1.165) is 5.57 Å². The molecule has 14 heavy (non-hydrogen) atoms. The first-order valence-electron chi connectivity index (χ1n) is 4.36. The molecule has 2 N–H and O–H groups in total. The van der Waals surface area contributed by atoms with Crippen molar-refractivity contribution in [3.8, 4) is 0 Å². The Hall–Kier alpha value is -0.670. The zero-order valence-corrected chi connectivity index (χ0v) is 9.64. The summed E-state index contributed by atoms with van der Waals surface area (Å²) in [5.41, 5.74) is 7.33. The number of rotatable bonds is 3. The van der Waals surface area contributed by atoms with Crippen LogP contribution in [0.4, 0.5) is 4.39 Å². The smallest absolute Gasteiger partial charge is 0.142 e. The second-order valence-corrected chi connectivity index (χ2v) is 4.27. The maximum Gasteiger partial charge on any atom is 0.142 e. The molecule has 0 aliphatic carbocycles. The predicted molar refractivity (Wildman–Crippen MR) is 60.5 cm³/mol. The Labute approximate surface area is 91.9 Å². The summed E-state index contributed by atoms with van der Waals surface area (Å²) < 4.78 is 14.0. The fourth-order valence-electron chi connectivity index (χ4n) is 1.29. The van der Waals surface area contributed by atoms with E-state index in [4.69, 9.17) is 5.73 Å². The second-order valence-electron chi connectivity index (χ2n) is 3.41. The molecule has 0 unspecified atom stereocenters. The summed E-state index contributed by atoms with van der Waals surface area (Å²) in [5, 5.41) is 0. The summed E-state index contributed by atoms with van der Waals surface area (Å²) in [4.78, 5) is 0. The minimum atomic E-state index is -0.315. The van der Waals surface area contributed by atoms with Gasteiger partial charge in [0.1, 0.15) is 5.82 Å². The van der Waals surface area contributed by atoms with E-state index in [1.165, 1.54) is 0 Å². The molecule has 0 saturated heterocycles. The van der Waals surface area contributed by atoms with Crippen LogP contribution in [0.15, 0.2) is 34.8 Å². The van der Waals surface area contributed by atoms with Crippen LogP contribution >= 0.6 is 15.9 Å². The van der Waals surface area contributed by atoms with E-state index in [0.29, 0.717) is 16.5 Å². The van der Waals surface area contributed by atoms with Gasteiger partial charge in [0, 0.05) is 11.6 Å². The van der Waals surface area contributed by atoms with Gasteiger partial charge in [-0.2, -0.15) is 0 Å². The molecule has 1 aromatic carbocycles. The molecule has 0 spiro atoms. The minimum absolute atomic E-state index is 0.277. The molecular weight excluding hydrogens is 245 g/mol. The molecule has 0 heterocycles. The second kappa shape index (κ2) is 4.71. The predicted octanol–water partition coefficient (Wildman–Crippen LogP) is 3.55. The molecule has 0 bridgehead atoms. The maximum atomic E-state index is 13.5. The lowest BCUT2D eigenvalue weighted by molar-refractivity contribution is 0.574. The summed E-state index contributed by atoms with van der Waals surface area (Å²) in [6.45, 7) is 5.64. The fourth-order valence-corrected chi connectivity index (χ4v) is 1.67. The summed E-state index contributed by atoms with van der Waals surface area (Å²) in [5.74, 6) is -0.277. The molecule has 0 aromatic heterocycles. The average molecular weight is 258 g/mol. The molecule has 3 heteroatoms. The molecule has 0 aliphatic heterocycles. The Balaban J connectivity index is 2.95. The third-order valence-corrected chi connectivity index (χ3v) is 2.56. The lowest BCUT2D eigenvalue weighted by Gasteiger charge is -2.13. The number of hydrogen-bond donors (Lipinski definition) is 1. The van der Waals surface area contributed by atoms with E-state index in [1.54, 1.807) is 18.2 Å². The fraction of sp³-hybridized carbons (Fsp3) is 0.273. The minimum Gasteiger partial charge on any atom is -0.324 e. The first-order chi connectivity index (χ1) is 6.52. The van der Waals surface area contributed by atoms with Crippen molar-refractivity contribution in [1.82, 2.24) is 0 Å². The molecule has 0 radical (unpaired) electrons. The topological polar surface area (TPSA) is 26.0 Å². The molecule has 0 amide bonds. The average Bonchev–Trinajstić information content (AvgIpc) is 2.08. The van der Waals surface area contributed by atoms with Crippen LogP contribution in [0.2, 0.25) is 0 Å². The van der Waals surface area contributed by atoms with Crippen molar-refractivity contribution in [3.05, 3.63) is 46.2 Å². The van der Waals surface area contributed by atoms with E-state index in [1.807, 2.05) is 6.92 Å². The first kappa shape index (κ1) is 11.4. The number of halogens is 2. The SMILES string of the molecule is C=C(C)C[C@H](N)c1cccc(Br)c1F. The van der Waals surface area contributed by atoms with Gasteiger partial charge in [-0.05, 0) is 35.3 Å². The summed E-state index contributed by atoms with van der Waals surface area (Å²) in [6.07, 6.45) is 0.605. The van der Waals surface area contributed by atoms with Crippen LogP contribution in [0.5, 0.6) is 0 Å². The van der Waals surface area contributed by atoms with Crippen LogP contribution < -0.4 is 5.73 Å². The van der Waals surface area contributed by atoms with Gasteiger partial charge in [-0.3, -0.25) is 0 Å². The van der Waals surface area contributed by atoms with Crippen molar-refractivity contribution in [1.29, 1.82) is 0 Å². The Bertz CT molecular complexity index is 349. The summed E-state index contributed by atoms with van der Waals surface area (Å²) in [7, 11) is 0. The highest BCUT2D eigenvalue weighted by molar-refractivity contribution is 9.10. The maximum absolute atomic E-state index is 13.5. The Morgan fingerprint density at radius 3 is 2.86 bits per heavy atom. The molecule has 1 atom stereocenters. The lowest BCUT2D eigenvalue weighted by Crippen LogP contribution is -2.12. The monoisotopic (exact) mass is 257 g/mol. The van der Waals surface area contributed by atoms with E-state index in [-0.39, 0.29) is 11.9 Å². The Kier molecular flexibility index (Phi) is 3.84. The van der Waals surface area contributed by atoms with Gasteiger partial charge in [-0.1, -0.05) is 17.7 Å². The molecular formula is C11H13BrFN. The molecule has 1 rings (SSSR count). The largest absolute Gasteiger partial charge is 0.324 e. The molecule has 0 saturated carbocycles. The standard InChI is InChI=1S/C11H13BrFN/c1-7(2)6-10(14)8-4-3-5-9(12)11(8)13/h3-5,10H,1,6,14H2,2H3/t10-/m0/s1. The highest BCUT2D eigenvalue weighted by Gasteiger charge is 2.12. The Morgan fingerprint density at radius 2 is 2.29 bits per heavy atom. The van der Waals surface area contributed by atoms with Crippen LogP contribution in [0.25, 0.3) is 0 Å². The van der Waals surface area contributed by atoms with Gasteiger partial charge in [-0.15, -0.1) is 6.58 Å². The van der Waals surface area contributed by atoms with Crippen molar-refractivity contribution in [2.75, 3.05) is 0 Å². The summed E-state index contributed by atoms with van der Waals surface area (Å²) >= 11 is 3.13. The Morgan fingerprint density at radius 1 is 1.64 bits per heavy atom. The van der Waals surface area contributed by atoms with Crippen molar-refractivity contribution in [3.63, 3.8) is 0 Å². The van der Waals surface area contributed by atoms with E-state index >= 15 is 0 Å². The molecule has 0 fully saturated rings. The molecule has 0 aliphatic rings. The molecule has 1 nitrogen and oxygen atoms in total. The lowest BCUT2D eigenvalue weighted by atomic mass is 10.0. The van der Waals surface area contributed by atoms with Crippen LogP contribution in [-0.2, 0) is 0 Å². The van der Waals surface area contributed by atoms with Crippen LogP contribution in [0, 0.1) is 5.82 Å². The highest BCUT2D eigenvalue weighted by Crippen LogP contribution is 2.25. The van der Waals surface area contributed by atoms with E-state index in [9.17, 15) is 4.39 Å². The highest BCUT2D eigenvalue weighted by atomic mass is 79.9. The van der Waals surface area contributed by atoms with Gasteiger partial charge in [0.2, 0.25) is 0 Å². The summed E-state index contributed by atoms with van der Waals surface area (Å²) in [6, 6.07) is 4.82. The van der Waals surface area contributed by atoms with Gasteiger partial charge in [0.05, 0.1) is 4.47 Å². The quantitative estimate of drug-likeness (QED) is 0.824. The van der Waals surface area contributed by atoms with Gasteiger partial charge >= 0.3 is 0 Å². The van der Waals surface area contributed by atoms with Crippen LogP contribution in [0.1, 0.15) is 24.9 Å². The van der Waals surface area contributed by atoms with Gasteiger partial charge < -0.3 is 5.73 Å². The van der Waals surface area contributed by atoms with Crippen molar-refractivity contribution in [2.24, 2.45) is 5.73 Å². The van der Waals surface area contributed by atoms with Gasteiger partial charge in [-0.25, -0.2) is 4.39 Å². The van der Waals surface area contributed by atoms with Crippen molar-refractivity contribution in [2.45, 2.75) is 19.4 Å². The zero-order valence-electron chi connectivity index (χ0n) is 8.06. The van der Waals surface area contributed by atoms with E-state index < -0.39 is 0 Å². The number of nitrogens with two attached hydrogens (primary N) is 1. The van der Waals surface area contributed by atoms with Crippen LogP contribution in [-0.4, -0.2) is 0 Å². The zero-order chi connectivity index (χ0) is 10.7. The molecule has 1 aromatic rings. The molecule has 76 valence electrons. The normalized spacial score (nSPS) is 12.6. The van der Waals surface area contributed by atoms with E-state index in [2.05, 4.69) is 22.5 Å². The third kappa shape index (κ3) is 2.66. The number of benzene rings is 1. The van der Waals surface area contributed by atoms with Gasteiger partial charge in [0.25, 0.3) is 0 Å². The first-order valence-corrected chi connectivity index (χ1v) is 5.15. The van der Waals surface area contributed by atoms with Crippen molar-refractivity contribution < 1.29 is 4.39 Å². The third-order valence-electron chi connectivity index (χ3n) is 1.95. The van der Waals surface area contributed by atoms with Crippen molar-refractivity contribution >= 4 is 15.9 Å². The van der Waals surface area contributed by atoms with Crippen LogP contribution in [0.3, 0.4) is 0 Å².